The molecule has 0 aliphatic heterocycles. The summed E-state index contributed by atoms with van der Waals surface area (Å²) in [5.74, 6) is -5.07. The van der Waals surface area contributed by atoms with Gasteiger partial charge in [-0.05, 0) is 54.7 Å². The van der Waals surface area contributed by atoms with Crippen molar-refractivity contribution in [3.8, 4) is 24.7 Å². The number of fused-ring (bicyclic) bond motifs is 2. The maximum atomic E-state index is 13.2. The number of hydrogen-bond donors (Lipinski definition) is 4. The van der Waals surface area contributed by atoms with Gasteiger partial charge in [-0.1, -0.05) is 24.0 Å². The molecule has 2 aliphatic carbocycles. The number of aliphatic carboxylic acids is 2. The van der Waals surface area contributed by atoms with Gasteiger partial charge in [0.2, 0.25) is 11.8 Å². The minimum absolute atomic E-state index is 0.138. The third kappa shape index (κ3) is 4.34. The largest absolute Gasteiger partial charge is 0.481 e. The van der Waals surface area contributed by atoms with Crippen LogP contribution in [0.1, 0.15) is 17.5 Å². The fourth-order valence-corrected chi connectivity index (χ4v) is 5.63. The van der Waals surface area contributed by atoms with Crippen LogP contribution in [0.5, 0.6) is 0 Å². The number of anilines is 2. The zero-order valence-corrected chi connectivity index (χ0v) is 18.5. The van der Waals surface area contributed by atoms with Crippen molar-refractivity contribution < 1.29 is 29.4 Å². The van der Waals surface area contributed by atoms with Gasteiger partial charge in [0.05, 0.1) is 23.7 Å². The minimum Gasteiger partial charge on any atom is -0.481 e. The number of terminal acetylenes is 2. The molecule has 2 fully saturated rings. The Kier molecular flexibility index (Phi) is 6.31. The number of amides is 2. The Morgan fingerprint density at radius 3 is 1.46 bits per heavy atom. The average Bonchev–Trinajstić information content (AvgIpc) is 3.41. The summed E-state index contributed by atoms with van der Waals surface area (Å²) in [6, 6.07) is 13.0. The molecule has 2 aliphatic rings. The normalized spacial score (nSPS) is 26.2. The lowest BCUT2D eigenvalue weighted by Gasteiger charge is -2.36. The number of hydrogen-bond acceptors (Lipinski definition) is 4. The zero-order valence-electron chi connectivity index (χ0n) is 18.5. The summed E-state index contributed by atoms with van der Waals surface area (Å²) >= 11 is 0. The van der Waals surface area contributed by atoms with E-state index in [1.807, 2.05) is 0 Å². The predicted octanol–water partition coefficient (Wildman–Crippen LogP) is 2.51. The van der Waals surface area contributed by atoms with E-state index in [2.05, 4.69) is 22.5 Å². The molecule has 0 heterocycles. The van der Waals surface area contributed by atoms with Crippen LogP contribution in [0.3, 0.4) is 0 Å². The van der Waals surface area contributed by atoms with Crippen molar-refractivity contribution in [2.45, 2.75) is 6.42 Å². The van der Waals surface area contributed by atoms with E-state index < -0.39 is 59.3 Å². The van der Waals surface area contributed by atoms with E-state index in [0.717, 1.165) is 0 Å². The van der Waals surface area contributed by atoms with E-state index in [0.29, 0.717) is 22.5 Å². The van der Waals surface area contributed by atoms with Crippen LogP contribution in [0, 0.1) is 60.2 Å². The summed E-state index contributed by atoms with van der Waals surface area (Å²) in [5, 5.41) is 25.3. The van der Waals surface area contributed by atoms with E-state index in [1.54, 1.807) is 48.5 Å². The van der Waals surface area contributed by atoms with Crippen molar-refractivity contribution in [2.75, 3.05) is 10.6 Å². The van der Waals surface area contributed by atoms with E-state index in [4.69, 9.17) is 12.8 Å². The number of carbonyl (C=O) groups is 4. The van der Waals surface area contributed by atoms with Gasteiger partial charge in [-0.15, -0.1) is 12.8 Å². The molecule has 2 saturated carbocycles. The third-order valence-electron chi connectivity index (χ3n) is 6.93. The first-order valence-corrected chi connectivity index (χ1v) is 11.0. The van der Waals surface area contributed by atoms with Crippen molar-refractivity contribution in [1.29, 1.82) is 0 Å². The van der Waals surface area contributed by atoms with Crippen molar-refractivity contribution in [2.24, 2.45) is 35.5 Å². The number of carbonyl (C=O) groups excluding carboxylic acids is 2. The van der Waals surface area contributed by atoms with Crippen LogP contribution >= 0.6 is 0 Å². The highest BCUT2D eigenvalue weighted by molar-refractivity contribution is 6.00. The van der Waals surface area contributed by atoms with Crippen LogP contribution in [0.2, 0.25) is 0 Å². The quantitative estimate of drug-likeness (QED) is 0.480. The third-order valence-corrected chi connectivity index (χ3v) is 6.93. The second-order valence-corrected chi connectivity index (χ2v) is 8.77. The van der Waals surface area contributed by atoms with Gasteiger partial charge in [0.25, 0.3) is 0 Å². The van der Waals surface area contributed by atoms with Crippen LogP contribution in [-0.4, -0.2) is 34.0 Å². The smallest absolute Gasteiger partial charge is 0.307 e. The molecule has 2 amide bonds. The monoisotopic (exact) mass is 470 g/mol. The molecule has 0 radical (unpaired) electrons. The van der Waals surface area contributed by atoms with Crippen LogP contribution in [0.25, 0.3) is 0 Å². The Labute approximate surface area is 201 Å². The van der Waals surface area contributed by atoms with Gasteiger partial charge < -0.3 is 20.8 Å². The predicted molar refractivity (Wildman–Crippen MR) is 127 cm³/mol. The molecule has 0 aromatic heterocycles. The van der Waals surface area contributed by atoms with E-state index in [1.165, 1.54) is 0 Å². The van der Waals surface area contributed by atoms with Gasteiger partial charge >= 0.3 is 11.9 Å². The van der Waals surface area contributed by atoms with E-state index in [9.17, 15) is 29.4 Å². The van der Waals surface area contributed by atoms with Gasteiger partial charge in [0.1, 0.15) is 0 Å². The van der Waals surface area contributed by atoms with E-state index >= 15 is 0 Å². The fourth-order valence-electron chi connectivity index (χ4n) is 5.63. The lowest BCUT2D eigenvalue weighted by Crippen LogP contribution is -2.49. The second kappa shape index (κ2) is 9.36. The lowest BCUT2D eigenvalue weighted by atomic mass is 9.67. The molecule has 176 valence electrons. The summed E-state index contributed by atoms with van der Waals surface area (Å²) in [5.41, 5.74) is 1.82. The summed E-state index contributed by atoms with van der Waals surface area (Å²) < 4.78 is 0. The first-order valence-electron chi connectivity index (χ1n) is 11.0. The highest BCUT2D eigenvalue weighted by Gasteiger charge is 2.66. The van der Waals surface area contributed by atoms with Gasteiger partial charge in [0.15, 0.2) is 0 Å². The Balaban J connectivity index is 1.62. The Bertz CT molecular complexity index is 1200. The molecule has 35 heavy (non-hydrogen) atoms. The van der Waals surface area contributed by atoms with Gasteiger partial charge in [-0.25, -0.2) is 0 Å². The summed E-state index contributed by atoms with van der Waals surface area (Å²) in [6.45, 7) is 0. The van der Waals surface area contributed by atoms with Crippen molar-refractivity contribution >= 4 is 35.1 Å². The highest BCUT2D eigenvalue weighted by atomic mass is 16.4. The SMILES string of the molecule is C#Cc1cccc(NC(=O)C2C3CC(C2C(=O)O)C(C(=O)Nc2cccc(C#C)c2)C3C(=O)O)c1. The summed E-state index contributed by atoms with van der Waals surface area (Å²) in [4.78, 5) is 50.8. The number of carboxylic acids is 2. The van der Waals surface area contributed by atoms with Gasteiger partial charge in [0, 0.05) is 22.5 Å². The highest BCUT2D eigenvalue weighted by Crippen LogP contribution is 2.59. The van der Waals surface area contributed by atoms with Crippen molar-refractivity contribution in [3.05, 3.63) is 59.7 Å². The maximum Gasteiger partial charge on any atom is 0.307 e. The molecular formula is C27H22N2O6. The standard InChI is InChI=1S/C27H22N2O6/c1-3-14-7-5-9-16(11-14)28-24(30)20-18-13-19(22(20)26(32)33)21(23(18)27(34)35)25(31)29-17-10-6-8-15(4-2)12-17/h1-2,5-12,18-23H,13H2,(H,28,30)(H,29,31)(H,32,33)(H,34,35). The Hall–Kier alpha value is -4.56. The molecule has 6 unspecified atom stereocenters. The van der Waals surface area contributed by atoms with Crippen LogP contribution in [0.15, 0.2) is 48.5 Å². The Morgan fingerprint density at radius 2 is 1.11 bits per heavy atom. The average molecular weight is 470 g/mol. The number of nitrogens with one attached hydrogen (secondary N) is 2. The molecule has 0 spiro atoms. The molecule has 2 aromatic rings. The van der Waals surface area contributed by atoms with Gasteiger partial charge in [-0.2, -0.15) is 0 Å². The molecule has 8 nitrogen and oxygen atoms in total. The molecule has 2 aromatic carbocycles. The molecule has 8 heteroatoms. The van der Waals surface area contributed by atoms with Gasteiger partial charge in [-0.3, -0.25) is 19.2 Å². The van der Waals surface area contributed by atoms with E-state index in [-0.39, 0.29) is 6.42 Å². The van der Waals surface area contributed by atoms with Crippen molar-refractivity contribution in [3.63, 3.8) is 0 Å². The maximum absolute atomic E-state index is 13.2. The first-order chi connectivity index (χ1) is 16.7. The van der Waals surface area contributed by atoms with Crippen LogP contribution in [0.4, 0.5) is 11.4 Å². The second-order valence-electron chi connectivity index (χ2n) is 8.77. The summed E-state index contributed by atoms with van der Waals surface area (Å²) in [7, 11) is 0. The number of benzene rings is 2. The summed E-state index contributed by atoms with van der Waals surface area (Å²) in [6.07, 6.45) is 10.9. The molecular weight excluding hydrogens is 448 g/mol. The van der Waals surface area contributed by atoms with Crippen molar-refractivity contribution in [1.82, 2.24) is 0 Å². The number of carboxylic acid groups (broad SMARTS) is 2. The molecule has 2 bridgehead atoms. The van der Waals surface area contributed by atoms with Crippen LogP contribution < -0.4 is 10.6 Å². The topological polar surface area (TPSA) is 133 Å². The molecule has 4 rings (SSSR count). The van der Waals surface area contributed by atoms with Crippen LogP contribution in [-0.2, 0) is 19.2 Å². The lowest BCUT2D eigenvalue weighted by molar-refractivity contribution is -0.159. The first kappa shape index (κ1) is 23.6. The number of rotatable bonds is 6. The fraction of sp³-hybridized carbons (Fsp3) is 0.259. The minimum atomic E-state index is -1.24. The molecule has 6 atom stereocenters. The zero-order chi connectivity index (χ0) is 25.3. The Morgan fingerprint density at radius 1 is 0.714 bits per heavy atom. The molecule has 0 saturated heterocycles. The molecule has 4 N–H and O–H groups in total.